The third-order valence-corrected chi connectivity index (χ3v) is 4.05. The molecule has 1 aliphatic heterocycles. The van der Waals surface area contributed by atoms with E-state index in [1.165, 1.54) is 7.11 Å². The Balaban J connectivity index is 1.87. The molecule has 1 aliphatic rings. The highest BCUT2D eigenvalue weighted by Crippen LogP contribution is 2.25. The van der Waals surface area contributed by atoms with Gasteiger partial charge in [-0.2, -0.15) is 0 Å². The smallest absolute Gasteiger partial charge is 0.323 e. The molecule has 1 aromatic carbocycles. The quantitative estimate of drug-likeness (QED) is 0.873. The van der Waals surface area contributed by atoms with Crippen molar-refractivity contribution in [3.8, 4) is 0 Å². The zero-order valence-corrected chi connectivity index (χ0v) is 12.1. The van der Waals surface area contributed by atoms with Crippen molar-refractivity contribution in [2.24, 2.45) is 0 Å². The van der Waals surface area contributed by atoms with Crippen LogP contribution in [0, 0.1) is 0 Å². The monoisotopic (exact) mass is 285 g/mol. The second-order valence-corrected chi connectivity index (χ2v) is 5.38. The molecule has 21 heavy (non-hydrogen) atoms. The molecule has 1 saturated heterocycles. The number of aromatic nitrogens is 1. The number of hydrogen-bond acceptors (Lipinski definition) is 5. The SMILES string of the molecule is COC(=O)C1CCCN1Cc1cc2ccccc2nc1N. The van der Waals surface area contributed by atoms with Gasteiger partial charge in [-0.15, -0.1) is 0 Å². The first kappa shape index (κ1) is 13.8. The molecule has 110 valence electrons. The highest BCUT2D eigenvalue weighted by molar-refractivity contribution is 5.81. The Labute approximate surface area is 123 Å². The number of carbonyl (C=O) groups is 1. The van der Waals surface area contributed by atoms with E-state index in [1.807, 2.05) is 24.3 Å². The van der Waals surface area contributed by atoms with Gasteiger partial charge in [-0.25, -0.2) is 4.98 Å². The first-order valence-corrected chi connectivity index (χ1v) is 7.15. The van der Waals surface area contributed by atoms with Crippen LogP contribution in [0.1, 0.15) is 18.4 Å². The van der Waals surface area contributed by atoms with Crippen LogP contribution in [-0.2, 0) is 16.1 Å². The maximum absolute atomic E-state index is 11.8. The largest absolute Gasteiger partial charge is 0.468 e. The number of anilines is 1. The molecule has 1 fully saturated rings. The van der Waals surface area contributed by atoms with Gasteiger partial charge in [-0.3, -0.25) is 9.69 Å². The average Bonchev–Trinajstić information content (AvgIpc) is 2.95. The minimum atomic E-state index is -0.167. The third-order valence-electron chi connectivity index (χ3n) is 4.05. The molecule has 2 N–H and O–H groups in total. The number of likely N-dealkylation sites (tertiary alicyclic amines) is 1. The maximum atomic E-state index is 11.8. The van der Waals surface area contributed by atoms with Gasteiger partial charge in [0.15, 0.2) is 0 Å². The second kappa shape index (κ2) is 5.69. The van der Waals surface area contributed by atoms with Crippen molar-refractivity contribution in [3.63, 3.8) is 0 Å². The Morgan fingerprint density at radius 3 is 3.10 bits per heavy atom. The number of nitrogen functional groups attached to an aromatic ring is 1. The fraction of sp³-hybridized carbons (Fsp3) is 0.375. The standard InChI is InChI=1S/C16H19N3O2/c1-21-16(20)14-7-4-8-19(14)10-12-9-11-5-2-3-6-13(11)18-15(12)17/h2-3,5-6,9,14H,4,7-8,10H2,1H3,(H2,17,18). The number of para-hydroxylation sites is 1. The summed E-state index contributed by atoms with van der Waals surface area (Å²) in [5.41, 5.74) is 7.92. The van der Waals surface area contributed by atoms with Crippen LogP contribution in [0.15, 0.2) is 30.3 Å². The molecule has 2 heterocycles. The van der Waals surface area contributed by atoms with Gasteiger partial charge in [0, 0.05) is 17.5 Å². The molecule has 1 unspecified atom stereocenters. The van der Waals surface area contributed by atoms with E-state index < -0.39 is 0 Å². The number of methoxy groups -OCH3 is 1. The topological polar surface area (TPSA) is 68.5 Å². The number of rotatable bonds is 3. The molecule has 5 nitrogen and oxygen atoms in total. The zero-order chi connectivity index (χ0) is 14.8. The fourth-order valence-corrected chi connectivity index (χ4v) is 2.94. The maximum Gasteiger partial charge on any atom is 0.323 e. The molecule has 0 spiro atoms. The first-order chi connectivity index (χ1) is 10.2. The van der Waals surface area contributed by atoms with Crippen molar-refractivity contribution in [1.29, 1.82) is 0 Å². The lowest BCUT2D eigenvalue weighted by atomic mass is 10.1. The fourth-order valence-electron chi connectivity index (χ4n) is 2.94. The van der Waals surface area contributed by atoms with Crippen molar-refractivity contribution >= 4 is 22.7 Å². The second-order valence-electron chi connectivity index (χ2n) is 5.38. The van der Waals surface area contributed by atoms with Gasteiger partial charge in [0.25, 0.3) is 0 Å². The summed E-state index contributed by atoms with van der Waals surface area (Å²) < 4.78 is 4.88. The molecule has 1 aromatic heterocycles. The van der Waals surface area contributed by atoms with Gasteiger partial charge in [0.2, 0.25) is 0 Å². The average molecular weight is 285 g/mol. The van der Waals surface area contributed by atoms with Gasteiger partial charge < -0.3 is 10.5 Å². The van der Waals surface area contributed by atoms with Crippen LogP contribution in [-0.4, -0.2) is 35.5 Å². The molecule has 5 heteroatoms. The summed E-state index contributed by atoms with van der Waals surface area (Å²) in [6, 6.07) is 9.79. The Morgan fingerprint density at radius 1 is 1.48 bits per heavy atom. The molecule has 0 radical (unpaired) electrons. The molecule has 3 rings (SSSR count). The van der Waals surface area contributed by atoms with Crippen LogP contribution in [0.4, 0.5) is 5.82 Å². The summed E-state index contributed by atoms with van der Waals surface area (Å²) >= 11 is 0. The summed E-state index contributed by atoms with van der Waals surface area (Å²) in [5, 5.41) is 1.07. The van der Waals surface area contributed by atoms with E-state index in [0.717, 1.165) is 35.9 Å². The van der Waals surface area contributed by atoms with Gasteiger partial charge in [-0.1, -0.05) is 18.2 Å². The van der Waals surface area contributed by atoms with Gasteiger partial charge in [0.05, 0.1) is 12.6 Å². The number of esters is 1. The number of pyridine rings is 1. The van der Waals surface area contributed by atoms with Crippen LogP contribution in [0.3, 0.4) is 0 Å². The number of hydrogen-bond donors (Lipinski definition) is 1. The van der Waals surface area contributed by atoms with Crippen LogP contribution in [0.2, 0.25) is 0 Å². The van der Waals surface area contributed by atoms with E-state index in [1.54, 1.807) is 0 Å². The van der Waals surface area contributed by atoms with E-state index in [2.05, 4.69) is 16.0 Å². The van der Waals surface area contributed by atoms with Gasteiger partial charge in [-0.05, 0) is 31.5 Å². The number of fused-ring (bicyclic) bond motifs is 1. The van der Waals surface area contributed by atoms with E-state index >= 15 is 0 Å². The van der Waals surface area contributed by atoms with E-state index in [-0.39, 0.29) is 12.0 Å². The minimum Gasteiger partial charge on any atom is -0.468 e. The Bertz CT molecular complexity index is 672. The van der Waals surface area contributed by atoms with Crippen LogP contribution < -0.4 is 5.73 Å². The predicted molar refractivity (Wildman–Crippen MR) is 81.6 cm³/mol. The molecule has 1 atom stereocenters. The number of nitrogens with two attached hydrogens (primary N) is 1. The highest BCUT2D eigenvalue weighted by Gasteiger charge is 2.31. The van der Waals surface area contributed by atoms with Crippen molar-refractivity contribution < 1.29 is 9.53 Å². The van der Waals surface area contributed by atoms with E-state index in [4.69, 9.17) is 10.5 Å². The van der Waals surface area contributed by atoms with E-state index in [9.17, 15) is 4.79 Å². The normalized spacial score (nSPS) is 19.0. The number of carbonyl (C=O) groups excluding carboxylic acids is 1. The molecule has 0 aliphatic carbocycles. The van der Waals surface area contributed by atoms with Gasteiger partial charge >= 0.3 is 5.97 Å². The lowest BCUT2D eigenvalue weighted by Crippen LogP contribution is -2.36. The lowest BCUT2D eigenvalue weighted by Gasteiger charge is -2.22. The number of benzene rings is 1. The van der Waals surface area contributed by atoms with Crippen LogP contribution in [0.5, 0.6) is 0 Å². The summed E-state index contributed by atoms with van der Waals surface area (Å²) in [7, 11) is 1.44. The molecule has 0 bridgehead atoms. The van der Waals surface area contributed by atoms with Crippen molar-refractivity contribution in [2.45, 2.75) is 25.4 Å². The van der Waals surface area contributed by atoms with Crippen molar-refractivity contribution in [2.75, 3.05) is 19.4 Å². The minimum absolute atomic E-state index is 0.166. The first-order valence-electron chi connectivity index (χ1n) is 7.15. The Morgan fingerprint density at radius 2 is 2.29 bits per heavy atom. The summed E-state index contributed by atoms with van der Waals surface area (Å²) in [4.78, 5) is 18.4. The van der Waals surface area contributed by atoms with E-state index in [0.29, 0.717) is 12.4 Å². The van der Waals surface area contributed by atoms with Crippen LogP contribution in [0.25, 0.3) is 10.9 Å². The molecule has 0 saturated carbocycles. The Kier molecular flexibility index (Phi) is 3.75. The predicted octanol–water partition coefficient (Wildman–Crippen LogP) is 1.95. The molecular weight excluding hydrogens is 266 g/mol. The summed E-state index contributed by atoms with van der Waals surface area (Å²) in [5.74, 6) is 0.365. The zero-order valence-electron chi connectivity index (χ0n) is 12.1. The third kappa shape index (κ3) is 2.69. The summed E-state index contributed by atoms with van der Waals surface area (Å²) in [6.07, 6.45) is 1.84. The molecule has 2 aromatic rings. The van der Waals surface area contributed by atoms with Gasteiger partial charge in [0.1, 0.15) is 11.9 Å². The van der Waals surface area contributed by atoms with Crippen molar-refractivity contribution in [3.05, 3.63) is 35.9 Å². The number of ether oxygens (including phenoxy) is 1. The van der Waals surface area contributed by atoms with Crippen molar-refractivity contribution in [1.82, 2.24) is 9.88 Å². The Hall–Kier alpha value is -2.14. The molecule has 0 amide bonds. The summed E-state index contributed by atoms with van der Waals surface area (Å²) in [6.45, 7) is 1.51. The molecular formula is C16H19N3O2. The lowest BCUT2D eigenvalue weighted by molar-refractivity contribution is -0.146. The van der Waals surface area contributed by atoms with Crippen LogP contribution >= 0.6 is 0 Å². The highest BCUT2D eigenvalue weighted by atomic mass is 16.5. The number of nitrogens with zero attached hydrogens (tertiary/aromatic N) is 2.